The summed E-state index contributed by atoms with van der Waals surface area (Å²) in [5, 5.41) is 2.44. The van der Waals surface area contributed by atoms with Crippen LogP contribution in [-0.4, -0.2) is 35.4 Å². The van der Waals surface area contributed by atoms with Crippen molar-refractivity contribution in [3.63, 3.8) is 0 Å². The first-order valence-corrected chi connectivity index (χ1v) is 14.2. The number of nitrogens with zero attached hydrogens (tertiary/aromatic N) is 1. The van der Waals surface area contributed by atoms with E-state index in [-0.39, 0.29) is 17.0 Å². The van der Waals surface area contributed by atoms with Gasteiger partial charge in [0.15, 0.2) is 11.5 Å². The first-order valence-electron chi connectivity index (χ1n) is 14.2. The number of carbonyl (C=O) groups excluding carboxylic acids is 3. The Morgan fingerprint density at radius 2 is 1.62 bits per heavy atom. The molecule has 2 aromatic rings. The van der Waals surface area contributed by atoms with Crippen LogP contribution in [0.15, 0.2) is 54.1 Å². The Bertz CT molecular complexity index is 1280. The summed E-state index contributed by atoms with van der Waals surface area (Å²) in [6, 6.07) is 14.3. The second-order valence-corrected chi connectivity index (χ2v) is 11.9. The molecule has 2 aromatic carbocycles. The molecule has 7 heteroatoms. The molecule has 7 nitrogen and oxygen atoms in total. The second-order valence-electron chi connectivity index (χ2n) is 11.9. The number of nitrogens with one attached hydrogen (secondary N) is 1. The maximum absolute atomic E-state index is 13.7. The van der Waals surface area contributed by atoms with Gasteiger partial charge in [0, 0.05) is 6.04 Å². The van der Waals surface area contributed by atoms with E-state index < -0.39 is 17.8 Å². The first-order chi connectivity index (χ1) is 18.8. The lowest BCUT2D eigenvalue weighted by molar-refractivity contribution is -0.139. The van der Waals surface area contributed by atoms with Crippen molar-refractivity contribution in [3.8, 4) is 11.5 Å². The fourth-order valence-corrected chi connectivity index (χ4v) is 7.89. The summed E-state index contributed by atoms with van der Waals surface area (Å²) in [4.78, 5) is 41.0. The van der Waals surface area contributed by atoms with Gasteiger partial charge >= 0.3 is 6.03 Å². The SMILES string of the molecule is CCOc1cc(/C=C2\C(=O)NC(=O)N([C@@H](C)C34CC5CC(CC(C5)C3)C4)C2=O)ccc1OCc1ccccc1. The third-order valence-corrected chi connectivity index (χ3v) is 9.31. The van der Waals surface area contributed by atoms with Gasteiger partial charge in [0.25, 0.3) is 11.8 Å². The van der Waals surface area contributed by atoms with Crippen LogP contribution in [0.1, 0.15) is 63.5 Å². The molecule has 204 valence electrons. The monoisotopic (exact) mass is 528 g/mol. The van der Waals surface area contributed by atoms with E-state index in [0.717, 1.165) is 24.8 Å². The number of urea groups is 1. The van der Waals surface area contributed by atoms with E-state index in [2.05, 4.69) is 5.32 Å². The van der Waals surface area contributed by atoms with Crippen LogP contribution in [0.3, 0.4) is 0 Å². The van der Waals surface area contributed by atoms with Crippen molar-refractivity contribution in [2.75, 3.05) is 6.61 Å². The predicted molar refractivity (Wildman–Crippen MR) is 147 cm³/mol. The maximum Gasteiger partial charge on any atom is 0.331 e. The third kappa shape index (κ3) is 4.83. The highest BCUT2D eigenvalue weighted by molar-refractivity contribution is 6.31. The molecule has 1 atom stereocenters. The smallest absolute Gasteiger partial charge is 0.331 e. The molecule has 5 fully saturated rings. The van der Waals surface area contributed by atoms with Gasteiger partial charge in [-0.2, -0.15) is 0 Å². The molecule has 4 aliphatic carbocycles. The molecule has 7 rings (SSSR count). The topological polar surface area (TPSA) is 84.9 Å². The highest BCUT2D eigenvalue weighted by Crippen LogP contribution is 2.62. The Morgan fingerprint density at radius 3 is 2.26 bits per heavy atom. The zero-order valence-electron chi connectivity index (χ0n) is 22.7. The van der Waals surface area contributed by atoms with Crippen molar-refractivity contribution < 1.29 is 23.9 Å². The van der Waals surface area contributed by atoms with E-state index in [1.165, 1.54) is 24.2 Å². The fraction of sp³-hybridized carbons (Fsp3) is 0.469. The average molecular weight is 529 g/mol. The number of hydrogen-bond acceptors (Lipinski definition) is 5. The lowest BCUT2D eigenvalue weighted by atomic mass is 9.47. The van der Waals surface area contributed by atoms with Gasteiger partial charge in [-0.15, -0.1) is 0 Å². The minimum atomic E-state index is -0.665. The van der Waals surface area contributed by atoms with Gasteiger partial charge < -0.3 is 9.47 Å². The molecule has 0 aromatic heterocycles. The zero-order valence-corrected chi connectivity index (χ0v) is 22.7. The fourth-order valence-electron chi connectivity index (χ4n) is 7.89. The number of barbiturate groups is 1. The number of benzene rings is 2. The summed E-state index contributed by atoms with van der Waals surface area (Å²) >= 11 is 0. The van der Waals surface area contributed by atoms with E-state index >= 15 is 0 Å². The Kier molecular flexibility index (Phi) is 6.69. The van der Waals surface area contributed by atoms with Crippen LogP contribution < -0.4 is 14.8 Å². The van der Waals surface area contributed by atoms with Crippen LogP contribution in [0, 0.1) is 23.2 Å². The molecule has 0 spiro atoms. The molecule has 0 radical (unpaired) electrons. The largest absolute Gasteiger partial charge is 0.490 e. The van der Waals surface area contributed by atoms with Crippen molar-refractivity contribution in [1.82, 2.24) is 10.2 Å². The maximum atomic E-state index is 13.7. The molecular weight excluding hydrogens is 492 g/mol. The summed E-state index contributed by atoms with van der Waals surface area (Å²) in [5.74, 6) is 2.00. The minimum Gasteiger partial charge on any atom is -0.490 e. The molecule has 1 aliphatic heterocycles. The quantitative estimate of drug-likeness (QED) is 0.349. The summed E-state index contributed by atoms with van der Waals surface area (Å²) < 4.78 is 11.8. The lowest BCUT2D eigenvalue weighted by Gasteiger charge is -2.60. The average Bonchev–Trinajstić information content (AvgIpc) is 2.90. The lowest BCUT2D eigenvalue weighted by Crippen LogP contribution is -2.63. The number of imide groups is 2. The molecule has 39 heavy (non-hydrogen) atoms. The second kappa shape index (κ2) is 10.2. The van der Waals surface area contributed by atoms with Gasteiger partial charge in [-0.25, -0.2) is 4.79 Å². The van der Waals surface area contributed by atoms with Crippen LogP contribution in [-0.2, 0) is 16.2 Å². The van der Waals surface area contributed by atoms with E-state index in [4.69, 9.17) is 9.47 Å². The van der Waals surface area contributed by atoms with Gasteiger partial charge in [0.2, 0.25) is 0 Å². The van der Waals surface area contributed by atoms with Crippen molar-refractivity contribution in [2.24, 2.45) is 23.2 Å². The molecule has 4 bridgehead atoms. The van der Waals surface area contributed by atoms with Gasteiger partial charge in [-0.3, -0.25) is 19.8 Å². The summed E-state index contributed by atoms with van der Waals surface area (Å²) in [6.07, 6.45) is 8.58. The number of carbonyl (C=O) groups is 3. The van der Waals surface area contributed by atoms with Gasteiger partial charge in [-0.1, -0.05) is 36.4 Å². The molecule has 4 saturated carbocycles. The van der Waals surface area contributed by atoms with Crippen molar-refractivity contribution in [1.29, 1.82) is 0 Å². The predicted octanol–water partition coefficient (Wildman–Crippen LogP) is 5.73. The van der Waals surface area contributed by atoms with Crippen LogP contribution in [0.5, 0.6) is 11.5 Å². The molecule has 4 amide bonds. The first kappa shape index (κ1) is 25.7. The van der Waals surface area contributed by atoms with E-state index in [1.807, 2.05) is 44.2 Å². The Morgan fingerprint density at radius 1 is 0.949 bits per heavy atom. The molecular formula is C32H36N2O5. The van der Waals surface area contributed by atoms with Crippen LogP contribution in [0.25, 0.3) is 6.08 Å². The van der Waals surface area contributed by atoms with Gasteiger partial charge in [-0.05, 0) is 105 Å². The van der Waals surface area contributed by atoms with Crippen molar-refractivity contribution in [2.45, 2.75) is 65.0 Å². The van der Waals surface area contributed by atoms with E-state index in [1.54, 1.807) is 24.3 Å². The van der Waals surface area contributed by atoms with Gasteiger partial charge in [0.05, 0.1) is 6.61 Å². The highest BCUT2D eigenvalue weighted by atomic mass is 16.5. The Labute approximate surface area is 229 Å². The highest BCUT2D eigenvalue weighted by Gasteiger charge is 2.56. The summed E-state index contributed by atoms with van der Waals surface area (Å²) in [6.45, 7) is 4.72. The molecule has 1 heterocycles. The number of rotatable bonds is 8. The van der Waals surface area contributed by atoms with E-state index in [0.29, 0.717) is 48.0 Å². The molecule has 1 N–H and O–H groups in total. The normalized spacial score (nSPS) is 29.5. The van der Waals surface area contributed by atoms with Crippen molar-refractivity contribution in [3.05, 3.63) is 65.2 Å². The van der Waals surface area contributed by atoms with Crippen LogP contribution >= 0.6 is 0 Å². The van der Waals surface area contributed by atoms with Crippen LogP contribution in [0.2, 0.25) is 0 Å². The van der Waals surface area contributed by atoms with Crippen molar-refractivity contribution >= 4 is 23.9 Å². The Hall–Kier alpha value is -3.61. The summed E-state index contributed by atoms with van der Waals surface area (Å²) in [5.41, 5.74) is 1.58. The molecule has 1 saturated heterocycles. The van der Waals surface area contributed by atoms with Gasteiger partial charge in [0.1, 0.15) is 12.2 Å². The molecule has 0 unspecified atom stereocenters. The minimum absolute atomic E-state index is 0.0356. The van der Waals surface area contributed by atoms with E-state index in [9.17, 15) is 14.4 Å². The standard InChI is InChI=1S/C32H36N2O5/c1-3-38-28-15-22(9-10-27(28)39-19-21-7-5-4-6-8-21)14-26-29(35)33-31(37)34(30(26)36)20(2)32-16-23-11-24(17-32)13-25(12-23)18-32/h4-10,14-15,20,23-25H,3,11-13,16-19H2,1-2H3,(H,33,35,37)/b26-14+/t20-,23?,24?,25?,32?/m0/s1. The number of ether oxygens (including phenoxy) is 2. The zero-order chi connectivity index (χ0) is 27.1. The Balaban J connectivity index is 1.25. The summed E-state index contributed by atoms with van der Waals surface area (Å²) in [7, 11) is 0. The van der Waals surface area contributed by atoms with Crippen LogP contribution in [0.4, 0.5) is 4.79 Å². The number of amides is 4. The molecule has 5 aliphatic rings. The third-order valence-electron chi connectivity index (χ3n) is 9.31. The number of hydrogen-bond donors (Lipinski definition) is 1.